The molecule has 2 nitrogen and oxygen atoms in total. The molecule has 3 aliphatic rings. The first-order valence-electron chi connectivity index (χ1n) is 22.6. The van der Waals surface area contributed by atoms with Gasteiger partial charge in [0.1, 0.15) is 0 Å². The van der Waals surface area contributed by atoms with Gasteiger partial charge < -0.3 is 4.98 Å². The quantitative estimate of drug-likeness (QED) is 0.184. The number of nitrogens with one attached hydrogen (secondary N) is 1. The third kappa shape index (κ3) is 6.95. The fourth-order valence-corrected chi connectivity index (χ4v) is 10.3. The second-order valence-electron chi connectivity index (χ2n) is 20.0. The lowest BCUT2D eigenvalue weighted by Gasteiger charge is -2.21. The molecule has 2 heterocycles. The lowest BCUT2D eigenvalue weighted by atomic mass is 9.83. The number of benzene rings is 6. The number of hydrogen-bond acceptors (Lipinski definition) is 1. The first kappa shape index (κ1) is 39.2. The zero-order chi connectivity index (χ0) is 42.2. The molecule has 0 fully saturated rings. The first-order chi connectivity index (χ1) is 29.3. The summed E-state index contributed by atoms with van der Waals surface area (Å²) in [7, 11) is 0. The molecule has 6 aromatic carbocycles. The Balaban J connectivity index is 1.36. The minimum absolute atomic E-state index is 0.0495. The summed E-state index contributed by atoms with van der Waals surface area (Å²) in [6.45, 7) is 18.3. The lowest BCUT2D eigenvalue weighted by molar-refractivity contribution is 0.590. The number of rotatable bonds is 4. The third-order valence-electron chi connectivity index (χ3n) is 13.6. The minimum Gasteiger partial charge on any atom is -0.354 e. The lowest BCUT2D eigenvalue weighted by Crippen LogP contribution is -2.10. The fourth-order valence-electron chi connectivity index (χ4n) is 10.3. The van der Waals surface area contributed by atoms with Crippen LogP contribution >= 0.6 is 0 Å². The van der Waals surface area contributed by atoms with Crippen molar-refractivity contribution in [1.82, 2.24) is 4.98 Å². The van der Waals surface area contributed by atoms with E-state index in [0.29, 0.717) is 0 Å². The van der Waals surface area contributed by atoms with Gasteiger partial charge in [-0.2, -0.15) is 0 Å². The van der Waals surface area contributed by atoms with Crippen LogP contribution in [0.1, 0.15) is 122 Å². The highest BCUT2D eigenvalue weighted by Gasteiger charge is 2.35. The molecule has 1 aromatic heterocycles. The van der Waals surface area contributed by atoms with E-state index < -0.39 is 0 Å². The minimum atomic E-state index is 0.0495. The highest BCUT2D eigenvalue weighted by Crippen LogP contribution is 2.50. The molecule has 2 heteroatoms. The first-order valence-corrected chi connectivity index (χ1v) is 22.6. The SMILES string of the molecule is Cc1ccc2c(c1)CCCC1=C(c3ccc(C(C)(C)C)cc3)/C(=C(/c3[nH]c4c(c3-c3ccc(C(C)(C)C)cc3)CCCc3cc(C)ccc3-4)c3cccc4ccccc34)N=C12. The molecular weight excluding hydrogens is 737 g/mol. The van der Waals surface area contributed by atoms with E-state index in [1.807, 2.05) is 0 Å². The third-order valence-corrected chi connectivity index (χ3v) is 13.6. The van der Waals surface area contributed by atoms with E-state index in [4.69, 9.17) is 4.99 Å². The van der Waals surface area contributed by atoms with Crippen LogP contribution in [0.3, 0.4) is 0 Å². The smallest absolute Gasteiger partial charge is 0.0818 e. The Morgan fingerprint density at radius 1 is 0.574 bits per heavy atom. The molecule has 10 rings (SSSR count). The van der Waals surface area contributed by atoms with E-state index in [1.54, 1.807) is 0 Å². The van der Waals surface area contributed by atoms with Gasteiger partial charge in [-0.3, -0.25) is 0 Å². The van der Waals surface area contributed by atoms with Gasteiger partial charge in [-0.1, -0.05) is 180 Å². The molecular formula is C59H58N2. The zero-order valence-corrected chi connectivity index (χ0v) is 37.3. The summed E-state index contributed by atoms with van der Waals surface area (Å²) in [5, 5.41) is 2.46. The second kappa shape index (κ2) is 14.9. The number of aryl methyl sites for hydroxylation is 4. The van der Waals surface area contributed by atoms with Crippen molar-refractivity contribution in [3.8, 4) is 22.4 Å². The molecule has 0 atom stereocenters. The average molecular weight is 795 g/mol. The molecule has 61 heavy (non-hydrogen) atoms. The summed E-state index contributed by atoms with van der Waals surface area (Å²) in [6, 6.07) is 48.7. The van der Waals surface area contributed by atoms with E-state index in [9.17, 15) is 0 Å². The Hall–Kier alpha value is -5.99. The van der Waals surface area contributed by atoms with Gasteiger partial charge in [-0.25, -0.2) is 4.99 Å². The zero-order valence-electron chi connectivity index (χ0n) is 37.3. The Labute approximate surface area is 363 Å². The average Bonchev–Trinajstić information content (AvgIpc) is 3.67. The number of fused-ring (bicyclic) bond motifs is 7. The van der Waals surface area contributed by atoms with Crippen molar-refractivity contribution in [2.45, 2.75) is 105 Å². The Morgan fingerprint density at radius 2 is 1.16 bits per heavy atom. The molecule has 7 aromatic rings. The molecule has 0 bridgehead atoms. The molecule has 0 amide bonds. The van der Waals surface area contributed by atoms with Crippen LogP contribution in [-0.4, -0.2) is 10.7 Å². The highest BCUT2D eigenvalue weighted by molar-refractivity contribution is 6.25. The van der Waals surface area contributed by atoms with Crippen molar-refractivity contribution in [2.24, 2.45) is 4.99 Å². The largest absolute Gasteiger partial charge is 0.354 e. The Morgan fingerprint density at radius 3 is 1.84 bits per heavy atom. The molecule has 0 saturated carbocycles. The van der Waals surface area contributed by atoms with Gasteiger partial charge in [0.15, 0.2) is 0 Å². The topological polar surface area (TPSA) is 28.1 Å². The van der Waals surface area contributed by atoms with Crippen molar-refractivity contribution >= 4 is 27.6 Å². The maximum absolute atomic E-state index is 5.99. The van der Waals surface area contributed by atoms with Gasteiger partial charge in [-0.15, -0.1) is 0 Å². The van der Waals surface area contributed by atoms with Crippen LogP contribution in [0.2, 0.25) is 0 Å². The molecule has 1 aliphatic heterocycles. The van der Waals surface area contributed by atoms with Crippen molar-refractivity contribution < 1.29 is 0 Å². The number of nitrogens with zero attached hydrogens (tertiary/aromatic N) is 1. The van der Waals surface area contributed by atoms with E-state index in [1.165, 1.54) is 106 Å². The monoisotopic (exact) mass is 794 g/mol. The van der Waals surface area contributed by atoms with E-state index in [0.717, 1.165) is 55.6 Å². The number of allylic oxidation sites excluding steroid dienone is 2. The van der Waals surface area contributed by atoms with Gasteiger partial charge in [0.25, 0.3) is 0 Å². The number of aliphatic imine (C=N–C) groups is 1. The van der Waals surface area contributed by atoms with E-state index in [2.05, 4.69) is 188 Å². The maximum Gasteiger partial charge on any atom is 0.0818 e. The standard InChI is InChI=1S/C59H58N2/c1-36-22-32-46-41(34-36)16-12-20-49-51(39-24-28-43(29-25-39)58(3,4)5)56(60-54(46)49)53(48-19-11-15-38-14-9-10-18-45(38)48)57-52(40-26-30-44(31-27-40)59(6,7)8)50-21-13-17-42-35-37(2)23-33-47(42)55(50)61-57/h9-11,14-15,18-19,22-35,60H,12-13,16-17,20-21H2,1-8H3/b57-53-. The van der Waals surface area contributed by atoms with Crippen LogP contribution in [0.25, 0.3) is 44.3 Å². The van der Waals surface area contributed by atoms with Crippen molar-refractivity contribution in [2.75, 3.05) is 0 Å². The summed E-state index contributed by atoms with van der Waals surface area (Å²) in [4.78, 5) is 10.3. The van der Waals surface area contributed by atoms with E-state index >= 15 is 0 Å². The predicted molar refractivity (Wildman–Crippen MR) is 260 cm³/mol. The molecule has 1 N–H and O–H groups in total. The molecule has 0 saturated heterocycles. The summed E-state index contributed by atoms with van der Waals surface area (Å²) in [5.41, 5.74) is 25.6. The van der Waals surface area contributed by atoms with Crippen molar-refractivity contribution in [1.29, 1.82) is 0 Å². The van der Waals surface area contributed by atoms with Crippen LogP contribution in [0, 0.1) is 13.8 Å². The van der Waals surface area contributed by atoms with Crippen molar-refractivity contribution in [3.63, 3.8) is 0 Å². The van der Waals surface area contributed by atoms with Crippen molar-refractivity contribution in [3.05, 3.63) is 200 Å². The fraction of sp³-hybridized carbons (Fsp3) is 0.271. The summed E-state index contributed by atoms with van der Waals surface area (Å²) >= 11 is 0. The van der Waals surface area contributed by atoms with Crippen LogP contribution in [-0.2, 0) is 30.1 Å². The number of H-pyrrole nitrogens is 1. The summed E-state index contributed by atoms with van der Waals surface area (Å²) < 4.78 is 0. The highest BCUT2D eigenvalue weighted by atomic mass is 14.8. The van der Waals surface area contributed by atoms with Crippen LogP contribution in [0.5, 0.6) is 0 Å². The van der Waals surface area contributed by atoms with E-state index in [-0.39, 0.29) is 10.8 Å². The van der Waals surface area contributed by atoms with Gasteiger partial charge in [0, 0.05) is 27.8 Å². The summed E-state index contributed by atoms with van der Waals surface area (Å²) in [5.74, 6) is 0. The number of aromatic nitrogens is 1. The van der Waals surface area contributed by atoms with Gasteiger partial charge in [0.05, 0.1) is 22.8 Å². The van der Waals surface area contributed by atoms with Crippen LogP contribution in [0.15, 0.2) is 144 Å². The van der Waals surface area contributed by atoms with Gasteiger partial charge in [0.2, 0.25) is 0 Å². The molecule has 0 spiro atoms. The second-order valence-corrected chi connectivity index (χ2v) is 20.0. The van der Waals surface area contributed by atoms with Gasteiger partial charge >= 0.3 is 0 Å². The van der Waals surface area contributed by atoms with Crippen LogP contribution < -0.4 is 0 Å². The summed E-state index contributed by atoms with van der Waals surface area (Å²) in [6.07, 6.45) is 6.29. The number of hydrogen-bond donors (Lipinski definition) is 1. The molecule has 0 unspecified atom stereocenters. The number of aromatic amines is 1. The van der Waals surface area contributed by atoms with Gasteiger partial charge in [-0.05, 0) is 124 Å². The Kier molecular flexibility index (Phi) is 9.55. The molecule has 304 valence electrons. The molecule has 2 aliphatic carbocycles. The normalized spacial score (nSPS) is 16.0. The molecule has 0 radical (unpaired) electrons. The van der Waals surface area contributed by atoms with Crippen LogP contribution in [0.4, 0.5) is 0 Å². The predicted octanol–water partition coefficient (Wildman–Crippen LogP) is 15.3. The Bertz CT molecular complexity index is 2960. The maximum atomic E-state index is 5.99.